The van der Waals surface area contributed by atoms with E-state index >= 15 is 0 Å². The van der Waals surface area contributed by atoms with Crippen LogP contribution in [0.1, 0.15) is 19.4 Å². The van der Waals surface area contributed by atoms with E-state index in [4.69, 9.17) is 21.1 Å². The van der Waals surface area contributed by atoms with E-state index in [0.717, 1.165) is 29.2 Å². The second kappa shape index (κ2) is 11.8. The maximum absolute atomic E-state index is 13.0. The van der Waals surface area contributed by atoms with Crippen molar-refractivity contribution >= 4 is 46.3 Å². The van der Waals surface area contributed by atoms with Gasteiger partial charge in [0.25, 0.3) is 0 Å². The molecule has 4 aromatic rings. The summed E-state index contributed by atoms with van der Waals surface area (Å²) in [6.07, 6.45) is 5.06. The second-order valence-electron chi connectivity index (χ2n) is 9.10. The number of rotatable bonds is 9. The van der Waals surface area contributed by atoms with Gasteiger partial charge >= 0.3 is 0 Å². The fraction of sp³-hybridized carbons (Fsp3) is 0.286. The first kappa shape index (κ1) is 27.2. The van der Waals surface area contributed by atoms with Gasteiger partial charge in [0.1, 0.15) is 16.5 Å². The maximum Gasteiger partial charge on any atom is 0.241 e. The van der Waals surface area contributed by atoms with Gasteiger partial charge in [0.15, 0.2) is 5.82 Å². The molecule has 208 valence electrons. The van der Waals surface area contributed by atoms with Crippen LogP contribution in [0.4, 0.5) is 28.8 Å². The van der Waals surface area contributed by atoms with E-state index in [0.29, 0.717) is 53.6 Å². The number of likely N-dealkylation sites (N-methyl/N-ethyl adjacent to an activating group) is 2. The first-order valence-corrected chi connectivity index (χ1v) is 13.3. The van der Waals surface area contributed by atoms with E-state index in [1.54, 1.807) is 30.0 Å². The highest BCUT2D eigenvalue weighted by Gasteiger charge is 2.26. The lowest BCUT2D eigenvalue weighted by atomic mass is 10.1. The van der Waals surface area contributed by atoms with Gasteiger partial charge in [-0.15, -0.1) is 0 Å². The van der Waals surface area contributed by atoms with Crippen molar-refractivity contribution in [3.05, 3.63) is 65.6 Å². The van der Waals surface area contributed by atoms with Gasteiger partial charge < -0.3 is 25.0 Å². The van der Waals surface area contributed by atoms with E-state index in [2.05, 4.69) is 37.5 Å². The van der Waals surface area contributed by atoms with Gasteiger partial charge in [-0.25, -0.2) is 9.67 Å². The molecule has 0 bridgehead atoms. The molecule has 3 heterocycles. The number of anilines is 5. The minimum absolute atomic E-state index is 0.0564. The van der Waals surface area contributed by atoms with Crippen molar-refractivity contribution in [1.82, 2.24) is 24.6 Å². The minimum atomic E-state index is 0.0564. The number of methoxy groups -OCH3 is 2. The highest BCUT2D eigenvalue weighted by atomic mass is 35.5. The lowest BCUT2D eigenvalue weighted by Crippen LogP contribution is -2.37. The third-order valence-electron chi connectivity index (χ3n) is 6.71. The van der Waals surface area contributed by atoms with Gasteiger partial charge in [-0.3, -0.25) is 9.69 Å². The van der Waals surface area contributed by atoms with Crippen LogP contribution in [-0.2, 0) is 11.3 Å². The first-order chi connectivity index (χ1) is 19.4. The van der Waals surface area contributed by atoms with Crippen LogP contribution in [-0.4, -0.2) is 64.4 Å². The molecule has 12 heteroatoms. The third-order valence-corrected chi connectivity index (χ3v) is 6.99. The molecule has 11 nitrogen and oxygen atoms in total. The van der Waals surface area contributed by atoms with Gasteiger partial charge in [0.05, 0.1) is 49.7 Å². The summed E-state index contributed by atoms with van der Waals surface area (Å²) in [6.45, 7) is 6.37. The molecule has 5 rings (SSSR count). The highest BCUT2D eigenvalue weighted by Crippen LogP contribution is 2.37. The Labute approximate surface area is 237 Å². The summed E-state index contributed by atoms with van der Waals surface area (Å²) in [6, 6.07) is 11.3. The summed E-state index contributed by atoms with van der Waals surface area (Å²) in [4.78, 5) is 25.9. The molecule has 1 aliphatic heterocycles. The van der Waals surface area contributed by atoms with Crippen molar-refractivity contribution in [1.29, 1.82) is 0 Å². The van der Waals surface area contributed by atoms with Crippen LogP contribution in [0.15, 0.2) is 55.0 Å². The van der Waals surface area contributed by atoms with Crippen LogP contribution in [0.5, 0.6) is 11.5 Å². The molecule has 2 N–H and O–H groups in total. The topological polar surface area (TPSA) is 110 Å². The average molecular weight is 563 g/mol. The summed E-state index contributed by atoms with van der Waals surface area (Å²) in [7, 11) is 3.22. The number of hydrogen-bond donors (Lipinski definition) is 2. The van der Waals surface area contributed by atoms with E-state index in [-0.39, 0.29) is 5.91 Å². The lowest BCUT2D eigenvalue weighted by Gasteiger charge is -2.23. The zero-order chi connectivity index (χ0) is 28.2. The number of carbonyl (C=O) groups excluding carboxylic acids is 1. The Hall–Kier alpha value is -4.35. The van der Waals surface area contributed by atoms with Crippen molar-refractivity contribution in [3.8, 4) is 17.2 Å². The Kier molecular flexibility index (Phi) is 8.04. The van der Waals surface area contributed by atoms with E-state index in [1.165, 1.54) is 6.20 Å². The molecule has 0 saturated heterocycles. The number of fused-ring (bicyclic) bond motifs is 1. The highest BCUT2D eigenvalue weighted by molar-refractivity contribution is 6.33. The number of halogens is 1. The number of aromatic nitrogens is 4. The molecule has 40 heavy (non-hydrogen) atoms. The molecule has 0 atom stereocenters. The number of amides is 1. The molecular formula is C28H31ClN8O3. The van der Waals surface area contributed by atoms with Crippen LogP contribution in [0, 0.1) is 0 Å². The van der Waals surface area contributed by atoms with Gasteiger partial charge in [0.2, 0.25) is 11.9 Å². The fourth-order valence-corrected chi connectivity index (χ4v) is 4.78. The number of carbonyl (C=O) groups is 1. The van der Waals surface area contributed by atoms with Crippen molar-refractivity contribution in [2.45, 2.75) is 20.4 Å². The Morgan fingerprint density at radius 1 is 1.00 bits per heavy atom. The Morgan fingerprint density at radius 3 is 2.55 bits per heavy atom. The van der Waals surface area contributed by atoms with E-state index < -0.39 is 0 Å². The molecule has 1 amide bonds. The number of hydrogen-bond acceptors (Lipinski definition) is 9. The molecule has 0 saturated carbocycles. The van der Waals surface area contributed by atoms with E-state index in [9.17, 15) is 4.79 Å². The predicted molar refractivity (Wildman–Crippen MR) is 156 cm³/mol. The normalized spacial score (nSPS) is 13.5. The SMILES string of the molecule is CCN1CC(=O)N(CC)c2cc(Nc3ncc(Cl)c(Nc4ccc(OC)cc4-n4cccn4)n3)c(OC)cc2C1. The molecule has 2 aromatic carbocycles. The molecule has 0 unspecified atom stereocenters. The van der Waals surface area contributed by atoms with Gasteiger partial charge in [0, 0.05) is 31.5 Å². The largest absolute Gasteiger partial charge is 0.497 e. The minimum Gasteiger partial charge on any atom is -0.497 e. The van der Waals surface area contributed by atoms with Crippen molar-refractivity contribution in [3.63, 3.8) is 0 Å². The Bertz CT molecular complexity index is 1510. The predicted octanol–water partition coefficient (Wildman–Crippen LogP) is 5.01. The summed E-state index contributed by atoms with van der Waals surface area (Å²) < 4.78 is 12.8. The van der Waals surface area contributed by atoms with Crippen LogP contribution >= 0.6 is 11.6 Å². The molecular weight excluding hydrogens is 532 g/mol. The quantitative estimate of drug-likeness (QED) is 0.291. The molecule has 0 radical (unpaired) electrons. The molecule has 0 fully saturated rings. The Morgan fingerprint density at radius 2 is 1.85 bits per heavy atom. The molecule has 0 aliphatic carbocycles. The van der Waals surface area contributed by atoms with Gasteiger partial charge in [-0.05, 0) is 49.4 Å². The first-order valence-electron chi connectivity index (χ1n) is 12.9. The van der Waals surface area contributed by atoms with Crippen LogP contribution in [0.3, 0.4) is 0 Å². The van der Waals surface area contributed by atoms with Crippen LogP contribution in [0.2, 0.25) is 5.02 Å². The number of nitrogens with one attached hydrogen (secondary N) is 2. The van der Waals surface area contributed by atoms with Crippen molar-refractivity contribution < 1.29 is 14.3 Å². The monoisotopic (exact) mass is 562 g/mol. The number of benzene rings is 2. The van der Waals surface area contributed by atoms with Crippen molar-refractivity contribution in [2.24, 2.45) is 0 Å². The zero-order valence-corrected chi connectivity index (χ0v) is 23.6. The molecule has 2 aromatic heterocycles. The maximum atomic E-state index is 13.0. The fourth-order valence-electron chi connectivity index (χ4n) is 4.64. The smallest absolute Gasteiger partial charge is 0.241 e. The van der Waals surface area contributed by atoms with Gasteiger partial charge in [-0.2, -0.15) is 10.1 Å². The Balaban J connectivity index is 1.49. The zero-order valence-electron chi connectivity index (χ0n) is 22.8. The number of nitrogens with zero attached hydrogens (tertiary/aromatic N) is 6. The standard InChI is InChI=1S/C28H31ClN8O3/c1-5-35-16-18-12-25(40-4)22(14-23(18)36(6-2)26(38)17-35)33-28-30-15-20(29)27(34-28)32-21-9-8-19(39-3)13-24(21)37-11-7-10-31-37/h7-15H,5-6,16-17H2,1-4H3,(H2,30,32,33,34). The summed E-state index contributed by atoms with van der Waals surface area (Å²) in [5.74, 6) is 2.06. The second-order valence-corrected chi connectivity index (χ2v) is 9.50. The van der Waals surface area contributed by atoms with Gasteiger partial charge in [-0.1, -0.05) is 18.5 Å². The lowest BCUT2D eigenvalue weighted by molar-refractivity contribution is -0.119. The summed E-state index contributed by atoms with van der Waals surface area (Å²) in [5, 5.41) is 11.2. The average Bonchev–Trinajstić information content (AvgIpc) is 3.46. The molecule has 0 spiro atoms. The van der Waals surface area contributed by atoms with Crippen LogP contribution in [0.25, 0.3) is 5.69 Å². The molecule has 1 aliphatic rings. The van der Waals surface area contributed by atoms with Crippen molar-refractivity contribution in [2.75, 3.05) is 49.4 Å². The van der Waals surface area contributed by atoms with E-state index in [1.807, 2.05) is 49.5 Å². The summed E-state index contributed by atoms with van der Waals surface area (Å²) >= 11 is 6.50. The van der Waals surface area contributed by atoms with Crippen LogP contribution < -0.4 is 25.0 Å². The summed E-state index contributed by atoms with van der Waals surface area (Å²) in [5.41, 5.74) is 3.96. The third kappa shape index (κ3) is 5.51. The number of ether oxygens (including phenoxy) is 2.